The second-order valence-corrected chi connectivity index (χ2v) is 7.95. The number of anilines is 2. The Labute approximate surface area is 170 Å². The van der Waals surface area contributed by atoms with Crippen LogP contribution in [0.4, 0.5) is 11.5 Å². The molecule has 0 aliphatic heterocycles. The van der Waals surface area contributed by atoms with Crippen LogP contribution in [0.1, 0.15) is 5.56 Å². The minimum absolute atomic E-state index is 0.0848. The number of carbonyl (C=O) groups is 1. The summed E-state index contributed by atoms with van der Waals surface area (Å²) >= 11 is 1.16. The van der Waals surface area contributed by atoms with Gasteiger partial charge in [-0.3, -0.25) is 18.8 Å². The van der Waals surface area contributed by atoms with Gasteiger partial charge < -0.3 is 10.1 Å². The summed E-state index contributed by atoms with van der Waals surface area (Å²) in [5.74, 6) is 0.258. The number of benzene rings is 1. The molecule has 0 bridgehead atoms. The highest BCUT2D eigenvalue weighted by Crippen LogP contribution is 2.24. The van der Waals surface area contributed by atoms with Gasteiger partial charge in [-0.1, -0.05) is 23.9 Å². The van der Waals surface area contributed by atoms with Crippen molar-refractivity contribution in [1.29, 1.82) is 0 Å². The van der Waals surface area contributed by atoms with Crippen LogP contribution in [0, 0.1) is 0 Å². The summed E-state index contributed by atoms with van der Waals surface area (Å²) in [6.07, 6.45) is 1.64. The van der Waals surface area contributed by atoms with Gasteiger partial charge in [0.05, 0.1) is 30.1 Å². The van der Waals surface area contributed by atoms with Crippen LogP contribution in [-0.2, 0) is 33.4 Å². The predicted octanol–water partition coefficient (Wildman–Crippen LogP) is 1.46. The molecule has 0 spiro atoms. The number of fused-ring (bicyclic) bond motifs is 1. The lowest BCUT2D eigenvalue weighted by Crippen LogP contribution is -2.10. The Hall–Kier alpha value is -2.90. The standard InChI is InChI=1S/C16H18N6O5S2/c1-22-15-12(8-18-22)14(19-16(20-15)28-9-13(23)27-2)17-7-10-3-5-11(6-4-10)21-29(24,25)26/h3-6,8,21H,7,9H2,1-2H3,(H,17,19,20)(H,24,25,26). The number of rotatable bonds is 8. The van der Waals surface area contributed by atoms with Gasteiger partial charge in [-0.25, -0.2) is 9.97 Å². The second kappa shape index (κ2) is 8.63. The van der Waals surface area contributed by atoms with Gasteiger partial charge in [-0.2, -0.15) is 13.5 Å². The second-order valence-electron chi connectivity index (χ2n) is 5.85. The lowest BCUT2D eigenvalue weighted by atomic mass is 10.2. The van der Waals surface area contributed by atoms with Crippen molar-refractivity contribution in [2.24, 2.45) is 7.05 Å². The van der Waals surface area contributed by atoms with Gasteiger partial charge in [-0.05, 0) is 17.7 Å². The molecule has 0 aliphatic carbocycles. The first-order chi connectivity index (χ1) is 13.7. The summed E-state index contributed by atoms with van der Waals surface area (Å²) in [6.45, 7) is 0.397. The fourth-order valence-electron chi connectivity index (χ4n) is 2.41. The molecule has 3 aromatic rings. The monoisotopic (exact) mass is 438 g/mol. The molecule has 13 heteroatoms. The molecule has 0 saturated carbocycles. The van der Waals surface area contributed by atoms with Crippen LogP contribution in [0.3, 0.4) is 0 Å². The quantitative estimate of drug-likeness (QED) is 0.204. The van der Waals surface area contributed by atoms with Crippen LogP contribution in [0.15, 0.2) is 35.6 Å². The summed E-state index contributed by atoms with van der Waals surface area (Å²) in [5, 5.41) is 8.53. The van der Waals surface area contributed by atoms with E-state index in [1.807, 2.05) is 4.72 Å². The SMILES string of the molecule is COC(=O)CSc1nc(NCc2ccc(NS(=O)(=O)O)cc2)c2cnn(C)c2n1. The Balaban J connectivity index is 1.77. The van der Waals surface area contributed by atoms with E-state index in [1.54, 1.807) is 30.1 Å². The molecule has 0 radical (unpaired) electrons. The first-order valence-corrected chi connectivity index (χ1v) is 10.6. The normalized spacial score (nSPS) is 11.4. The number of aryl methyl sites for hydroxylation is 1. The first kappa shape index (κ1) is 20.8. The third kappa shape index (κ3) is 5.56. The number of nitrogens with zero attached hydrogens (tertiary/aromatic N) is 4. The fourth-order valence-corrected chi connectivity index (χ4v) is 3.51. The molecule has 0 atom stereocenters. The Kier molecular flexibility index (Phi) is 6.20. The van der Waals surface area contributed by atoms with Crippen LogP contribution in [0.25, 0.3) is 11.0 Å². The fraction of sp³-hybridized carbons (Fsp3) is 0.250. The molecule has 3 N–H and O–H groups in total. The van der Waals surface area contributed by atoms with E-state index in [0.717, 1.165) is 22.7 Å². The molecule has 29 heavy (non-hydrogen) atoms. The van der Waals surface area contributed by atoms with Gasteiger partial charge in [0.1, 0.15) is 5.82 Å². The molecule has 154 valence electrons. The van der Waals surface area contributed by atoms with Gasteiger partial charge in [0.2, 0.25) is 0 Å². The highest BCUT2D eigenvalue weighted by molar-refractivity contribution is 7.99. The smallest absolute Gasteiger partial charge is 0.357 e. The lowest BCUT2D eigenvalue weighted by Gasteiger charge is -2.10. The molecule has 2 heterocycles. The number of hydrogen-bond acceptors (Lipinski definition) is 9. The molecule has 3 rings (SSSR count). The van der Waals surface area contributed by atoms with Crippen LogP contribution in [0.5, 0.6) is 0 Å². The Bertz CT molecular complexity index is 1130. The molecular formula is C16H18N6O5S2. The van der Waals surface area contributed by atoms with E-state index in [0.29, 0.717) is 23.2 Å². The summed E-state index contributed by atoms with van der Waals surface area (Å²) < 4.78 is 38.7. The van der Waals surface area contributed by atoms with Crippen molar-refractivity contribution in [2.45, 2.75) is 11.7 Å². The van der Waals surface area contributed by atoms with Crippen molar-refractivity contribution in [3.8, 4) is 0 Å². The molecule has 0 aliphatic rings. The number of thioether (sulfide) groups is 1. The molecule has 0 amide bonds. The van der Waals surface area contributed by atoms with Gasteiger partial charge in [-0.15, -0.1) is 0 Å². The molecule has 0 unspecified atom stereocenters. The predicted molar refractivity (Wildman–Crippen MR) is 108 cm³/mol. The van der Waals surface area contributed by atoms with Crippen molar-refractivity contribution in [2.75, 3.05) is 22.9 Å². The number of ether oxygens (including phenoxy) is 1. The zero-order chi connectivity index (χ0) is 21.0. The van der Waals surface area contributed by atoms with E-state index < -0.39 is 10.3 Å². The van der Waals surface area contributed by atoms with E-state index in [4.69, 9.17) is 4.55 Å². The summed E-state index contributed by atoms with van der Waals surface area (Å²) in [4.78, 5) is 20.3. The number of hydrogen-bond donors (Lipinski definition) is 3. The number of esters is 1. The summed E-state index contributed by atoms with van der Waals surface area (Å²) in [5.41, 5.74) is 1.71. The molecule has 0 saturated heterocycles. The third-order valence-corrected chi connectivity index (χ3v) is 5.09. The number of nitrogens with one attached hydrogen (secondary N) is 2. The lowest BCUT2D eigenvalue weighted by molar-refractivity contribution is -0.137. The van der Waals surface area contributed by atoms with Crippen molar-refractivity contribution in [1.82, 2.24) is 19.7 Å². The molecule has 1 aromatic carbocycles. The van der Waals surface area contributed by atoms with E-state index in [2.05, 4.69) is 25.1 Å². The topological polar surface area (TPSA) is 148 Å². The Morgan fingerprint density at radius 1 is 1.28 bits per heavy atom. The van der Waals surface area contributed by atoms with Gasteiger partial charge in [0, 0.05) is 13.6 Å². The average molecular weight is 438 g/mol. The zero-order valence-electron chi connectivity index (χ0n) is 15.5. The number of methoxy groups -OCH3 is 1. The van der Waals surface area contributed by atoms with E-state index in [-0.39, 0.29) is 17.4 Å². The van der Waals surface area contributed by atoms with Crippen molar-refractivity contribution < 1.29 is 22.5 Å². The maximum absolute atomic E-state index is 11.4. The highest BCUT2D eigenvalue weighted by Gasteiger charge is 2.13. The maximum Gasteiger partial charge on any atom is 0.357 e. The average Bonchev–Trinajstić information content (AvgIpc) is 3.05. The van der Waals surface area contributed by atoms with Crippen LogP contribution < -0.4 is 10.0 Å². The minimum atomic E-state index is -4.31. The van der Waals surface area contributed by atoms with Gasteiger partial charge >= 0.3 is 16.3 Å². The maximum atomic E-state index is 11.4. The largest absolute Gasteiger partial charge is 0.468 e. The number of aromatic nitrogens is 4. The van der Waals surface area contributed by atoms with Crippen molar-refractivity contribution >= 4 is 50.6 Å². The molecule has 2 aromatic heterocycles. The highest BCUT2D eigenvalue weighted by atomic mass is 32.2. The Morgan fingerprint density at radius 3 is 2.66 bits per heavy atom. The van der Waals surface area contributed by atoms with Crippen molar-refractivity contribution in [3.63, 3.8) is 0 Å². The van der Waals surface area contributed by atoms with Crippen molar-refractivity contribution in [3.05, 3.63) is 36.0 Å². The minimum Gasteiger partial charge on any atom is -0.468 e. The number of carbonyl (C=O) groups excluding carboxylic acids is 1. The van der Waals surface area contributed by atoms with E-state index >= 15 is 0 Å². The van der Waals surface area contributed by atoms with Crippen LogP contribution in [0.2, 0.25) is 0 Å². The van der Waals surface area contributed by atoms with E-state index in [9.17, 15) is 13.2 Å². The molecule has 11 nitrogen and oxygen atoms in total. The Morgan fingerprint density at radius 2 is 2.00 bits per heavy atom. The summed E-state index contributed by atoms with van der Waals surface area (Å²) in [7, 11) is -1.24. The van der Waals surface area contributed by atoms with Crippen LogP contribution in [-0.4, -0.2) is 51.6 Å². The van der Waals surface area contributed by atoms with Crippen LogP contribution >= 0.6 is 11.8 Å². The van der Waals surface area contributed by atoms with Gasteiger partial charge in [0.15, 0.2) is 10.8 Å². The van der Waals surface area contributed by atoms with E-state index in [1.165, 1.54) is 19.2 Å². The molecule has 0 fully saturated rings. The first-order valence-electron chi connectivity index (χ1n) is 8.22. The zero-order valence-corrected chi connectivity index (χ0v) is 17.1. The molecular weight excluding hydrogens is 420 g/mol. The third-order valence-electron chi connectivity index (χ3n) is 3.78. The summed E-state index contributed by atoms with van der Waals surface area (Å²) in [6, 6.07) is 6.47. The van der Waals surface area contributed by atoms with Gasteiger partial charge in [0.25, 0.3) is 0 Å².